The van der Waals surface area contributed by atoms with Crippen molar-refractivity contribution in [3.8, 4) is 5.75 Å². The first-order valence-electron chi connectivity index (χ1n) is 34.8. The average molecular weight is 1440 g/mol. The largest absolute Gasteiger partial charge is 0.489 e. The maximum atomic E-state index is 16.0. The van der Waals surface area contributed by atoms with E-state index in [9.17, 15) is 39.0 Å². The lowest BCUT2D eigenvalue weighted by atomic mass is 9.86. The number of likely N-dealkylation sites (tertiary alicyclic amines) is 1. The Bertz CT molecular complexity index is 3930. The Hall–Kier alpha value is -10.6. The summed E-state index contributed by atoms with van der Waals surface area (Å²) in [5, 5.41) is 45.1. The van der Waals surface area contributed by atoms with Gasteiger partial charge in [-0.1, -0.05) is 112 Å². The molecule has 1 aliphatic heterocycles. The van der Waals surface area contributed by atoms with Gasteiger partial charge < -0.3 is 78.9 Å². The number of hydrogen-bond donors (Lipinski definition) is 13. The topological polar surface area (TPSA) is 435 Å². The highest BCUT2D eigenvalue weighted by molar-refractivity contribution is 6.16. The number of para-hydroxylation sites is 1. The van der Waals surface area contributed by atoms with E-state index in [1.807, 2.05) is 85.7 Å². The number of hydrogen-bond acceptors (Lipinski definition) is 17. The highest BCUT2D eigenvalue weighted by atomic mass is 16.5. The van der Waals surface area contributed by atoms with Crippen LogP contribution in [0.2, 0.25) is 0 Å². The fraction of sp³-hybridized carbons (Fsp3) is 0.434. The Morgan fingerprint density at radius 3 is 1.71 bits per heavy atom. The van der Waals surface area contributed by atoms with Gasteiger partial charge in [-0.15, -0.1) is 0 Å². The van der Waals surface area contributed by atoms with Crippen LogP contribution >= 0.6 is 0 Å². The molecule has 0 saturated carbocycles. The van der Waals surface area contributed by atoms with Crippen LogP contribution in [0, 0.1) is 40.5 Å². The summed E-state index contributed by atoms with van der Waals surface area (Å²) in [7, 11) is 0. The summed E-state index contributed by atoms with van der Waals surface area (Å²) < 4.78 is 11.3. The number of aromatic nitrogens is 1. The number of aromatic amines is 1. The summed E-state index contributed by atoms with van der Waals surface area (Å²) in [5.74, 6) is -8.97. The van der Waals surface area contributed by atoms with Crippen molar-refractivity contribution in [3.63, 3.8) is 0 Å². The predicted molar refractivity (Wildman–Crippen MR) is 392 cm³/mol. The van der Waals surface area contributed by atoms with Gasteiger partial charge in [-0.25, -0.2) is 9.69 Å². The van der Waals surface area contributed by atoms with Crippen molar-refractivity contribution in [3.05, 3.63) is 171 Å². The van der Waals surface area contributed by atoms with Crippen LogP contribution in [-0.4, -0.2) is 177 Å². The number of ether oxygens (including phenoxy) is 2. The lowest BCUT2D eigenvalue weighted by Gasteiger charge is -2.33. The first-order chi connectivity index (χ1) is 49.5. The minimum Gasteiger partial charge on any atom is -0.489 e. The lowest BCUT2D eigenvalue weighted by molar-refractivity contribution is -0.160. The Labute approximate surface area is 606 Å². The van der Waals surface area contributed by atoms with Crippen LogP contribution in [0.25, 0.3) is 10.9 Å². The minimum atomic E-state index is -1.90. The number of H-pyrrole nitrogens is 1. The van der Waals surface area contributed by atoms with Gasteiger partial charge in [0.2, 0.25) is 29.5 Å². The molecular formula is C76H101N13O15. The van der Waals surface area contributed by atoms with E-state index in [0.29, 0.717) is 57.8 Å². The van der Waals surface area contributed by atoms with Gasteiger partial charge >= 0.3 is 6.09 Å². The molecule has 0 radical (unpaired) electrons. The molecule has 16 N–H and O–H groups in total. The first-order valence-corrected chi connectivity index (χ1v) is 34.8. The highest BCUT2D eigenvalue weighted by Gasteiger charge is 2.45. The number of aliphatic carboxylic acids is 1. The number of aliphatic hydroxyl groups is 2. The number of guanidine groups is 1. The van der Waals surface area contributed by atoms with Crippen molar-refractivity contribution in [1.82, 2.24) is 46.7 Å². The van der Waals surface area contributed by atoms with Gasteiger partial charge in [-0.3, -0.25) is 53.0 Å². The number of benzene rings is 5. The number of aliphatic hydroxyl groups excluding tert-OH is 2. The number of amides is 9. The summed E-state index contributed by atoms with van der Waals surface area (Å²) in [4.78, 5) is 152. The number of aliphatic imine (C=N–C) groups is 1. The van der Waals surface area contributed by atoms with Crippen molar-refractivity contribution < 1.29 is 72.7 Å². The second-order valence-electron chi connectivity index (χ2n) is 26.3. The first kappa shape index (κ1) is 82.4. The Balaban J connectivity index is 0.00000413. The number of alkyl carbamates (subject to hydrolysis) is 1. The van der Waals surface area contributed by atoms with Gasteiger partial charge in [0.15, 0.2) is 5.96 Å². The number of carboxylic acid groups (broad SMARTS) is 1. The molecule has 8 atom stereocenters. The standard InChI is InChI=1S/C74H97N13O13.C2H4O2/c1-9-86-33-19-27-64(86)72(97)87(70(95)58(26-18-32-78-73(76)77)80-66(91)59(34-43(2)3)81-65(90)56(75)37-55-47(7)45(5)44(4)46(6)48(55)8)71(96)61(35-49-28-30-53(31-29-49)99-41-50-20-12-10-13-21-50)83-68(93)62(39-88)84-67(92)60(36-52-38-79-57-25-17-16-24-54(52)57)82-69(94)63(40-89)85-74(98)100-42-51-22-14-11-15-23-51;1-2(3)4/h10-17,20-25,28-31,38,43,56,58-64,79,88-89H,9,18-19,26-27,32-37,39-42,75H2,1-8H3,(H,80,91)(H,81,90)(H,82,94)(H,83,93)(H,84,92)(H,85,98)(H4,76,77,78);1H3,(H,3,4)/t56-,58+,59+,60+,61+,62+,63+,64+;/m1./s1. The number of nitrogens with zero attached hydrogens (tertiary/aromatic N) is 3. The van der Waals surface area contributed by atoms with Gasteiger partial charge in [0.1, 0.15) is 55.2 Å². The molecule has 7 rings (SSSR count). The number of carbonyl (C=O) groups excluding carboxylic acids is 9. The van der Waals surface area contributed by atoms with Crippen molar-refractivity contribution in [2.24, 2.45) is 28.1 Å². The second kappa shape index (κ2) is 40.3. The van der Waals surface area contributed by atoms with Crippen LogP contribution in [0.1, 0.15) is 115 Å². The van der Waals surface area contributed by atoms with Crippen molar-refractivity contribution in [1.29, 1.82) is 0 Å². The van der Waals surface area contributed by atoms with Gasteiger partial charge in [0.25, 0.3) is 23.7 Å². The molecule has 5 aromatic carbocycles. The normalized spacial score (nSPS) is 14.7. The molecule has 28 nitrogen and oxygen atoms in total. The van der Waals surface area contributed by atoms with E-state index in [1.165, 1.54) is 0 Å². The molecule has 0 aliphatic carbocycles. The summed E-state index contributed by atoms with van der Waals surface area (Å²) in [6.07, 6.45) is 0.633. The number of nitrogens with two attached hydrogens (primary N) is 3. The quantitative estimate of drug-likeness (QED) is 0.0155. The third kappa shape index (κ3) is 24.0. The second-order valence-corrected chi connectivity index (χ2v) is 26.3. The van der Waals surface area contributed by atoms with Gasteiger partial charge in [0, 0.05) is 43.4 Å². The van der Waals surface area contributed by atoms with Gasteiger partial charge in [-0.2, -0.15) is 0 Å². The van der Waals surface area contributed by atoms with Crippen molar-refractivity contribution >= 4 is 76.2 Å². The van der Waals surface area contributed by atoms with Crippen LogP contribution in [0.4, 0.5) is 4.79 Å². The van der Waals surface area contributed by atoms with Gasteiger partial charge in [-0.05, 0) is 166 Å². The van der Waals surface area contributed by atoms with Crippen LogP contribution in [0.5, 0.6) is 5.75 Å². The molecule has 1 saturated heterocycles. The fourth-order valence-electron chi connectivity index (χ4n) is 12.2. The Morgan fingerprint density at radius 2 is 1.12 bits per heavy atom. The number of nitrogens with one attached hydrogen (secondary N) is 7. The number of carbonyl (C=O) groups is 10. The SMILES string of the molecule is CC(=O)O.CCN1CCC[C@H]1C(=O)N(C(=O)[C@H](CCCN=C(N)N)NC(=O)[C@H](CC(C)C)NC(=O)[C@H](N)Cc1c(C)c(C)c(C)c(C)c1C)C(=O)[C@H](Cc1ccc(OCc2ccccc2)cc1)NC(=O)[C@H](CO)NC(=O)[C@H](Cc1c[nH]c2ccccc12)NC(=O)[C@H](CO)NC(=O)OCc1ccccc1. The molecule has 104 heavy (non-hydrogen) atoms. The Morgan fingerprint density at radius 1 is 0.615 bits per heavy atom. The Kier molecular flexibility index (Phi) is 32.0. The van der Waals surface area contributed by atoms with Crippen molar-refractivity contribution in [2.75, 3.05) is 32.8 Å². The summed E-state index contributed by atoms with van der Waals surface area (Å²) in [6, 6.07) is 19.6. The summed E-state index contributed by atoms with van der Waals surface area (Å²) in [5.41, 5.74) is 27.4. The van der Waals surface area contributed by atoms with Crippen LogP contribution in [0.15, 0.2) is 120 Å². The molecule has 1 aromatic heterocycles. The molecule has 0 bridgehead atoms. The van der Waals surface area contributed by atoms with Crippen LogP contribution in [0.3, 0.4) is 0 Å². The summed E-state index contributed by atoms with van der Waals surface area (Å²) in [6.45, 7) is 15.3. The number of carboxylic acids is 1. The number of likely N-dealkylation sites (N-methyl/N-ethyl adjacent to an activating group) is 1. The van der Waals surface area contributed by atoms with Gasteiger partial charge in [0.05, 0.1) is 25.3 Å². The molecule has 9 amide bonds. The molecule has 0 unspecified atom stereocenters. The third-order valence-corrected chi connectivity index (χ3v) is 18.3. The maximum Gasteiger partial charge on any atom is 0.408 e. The maximum absolute atomic E-state index is 16.0. The van der Waals surface area contributed by atoms with Crippen molar-refractivity contribution in [2.45, 2.75) is 175 Å². The van der Waals surface area contributed by atoms with E-state index in [0.717, 1.165) is 45.9 Å². The molecule has 2 heterocycles. The molecule has 28 heteroatoms. The number of imide groups is 3. The smallest absolute Gasteiger partial charge is 0.408 e. The zero-order valence-electron chi connectivity index (χ0n) is 60.6. The van der Waals surface area contributed by atoms with E-state index < -0.39 is 127 Å². The highest BCUT2D eigenvalue weighted by Crippen LogP contribution is 2.28. The monoisotopic (exact) mass is 1440 g/mol. The average Bonchev–Trinajstić information content (AvgIpc) is 1.39. The van der Waals surface area contributed by atoms with E-state index in [2.05, 4.69) is 41.9 Å². The molecule has 1 fully saturated rings. The molecular weight excluding hydrogens is 1330 g/mol. The lowest BCUT2D eigenvalue weighted by Crippen LogP contribution is -2.63. The van der Waals surface area contributed by atoms with Crippen LogP contribution in [-0.2, 0) is 80.4 Å². The third-order valence-electron chi connectivity index (χ3n) is 18.3. The molecule has 1 aliphatic rings. The molecule has 6 aromatic rings. The summed E-state index contributed by atoms with van der Waals surface area (Å²) >= 11 is 0. The minimum absolute atomic E-state index is 0.0203. The van der Waals surface area contributed by atoms with Crippen LogP contribution < -0.4 is 53.8 Å². The van der Waals surface area contributed by atoms with E-state index in [-0.39, 0.29) is 70.2 Å². The number of rotatable bonds is 34. The zero-order chi connectivity index (χ0) is 76.3. The predicted octanol–water partition coefficient (Wildman–Crippen LogP) is 3.90. The van der Waals surface area contributed by atoms with E-state index >= 15 is 14.4 Å². The zero-order valence-corrected chi connectivity index (χ0v) is 60.6. The molecule has 0 spiro atoms. The van der Waals surface area contributed by atoms with E-state index in [1.54, 1.807) is 90.0 Å². The number of fused-ring (bicyclic) bond motifs is 1. The molecule has 560 valence electrons. The van der Waals surface area contributed by atoms with E-state index in [4.69, 9.17) is 36.6 Å². The fourth-order valence-corrected chi connectivity index (χ4v) is 12.2.